The van der Waals surface area contributed by atoms with Gasteiger partial charge in [-0.1, -0.05) is 41.6 Å². The number of thiophene rings is 1. The molecule has 0 amide bonds. The summed E-state index contributed by atoms with van der Waals surface area (Å²) in [7, 11) is 0. The minimum Gasteiger partial charge on any atom is -0.462 e. The summed E-state index contributed by atoms with van der Waals surface area (Å²) in [4.78, 5) is 22.0. The number of aromatic nitrogens is 2. The summed E-state index contributed by atoms with van der Waals surface area (Å²) >= 11 is 2.99. The fourth-order valence-corrected chi connectivity index (χ4v) is 4.47. The van der Waals surface area contributed by atoms with Gasteiger partial charge in [0.05, 0.1) is 12.0 Å². The maximum absolute atomic E-state index is 12.2. The quantitative estimate of drug-likeness (QED) is 0.235. The van der Waals surface area contributed by atoms with Gasteiger partial charge in [0.2, 0.25) is 0 Å². The molecule has 7 heteroatoms. The minimum atomic E-state index is -0.365. The van der Waals surface area contributed by atoms with Gasteiger partial charge in [0, 0.05) is 17.6 Å². The van der Waals surface area contributed by atoms with Crippen LogP contribution in [0.4, 0.5) is 0 Å². The van der Waals surface area contributed by atoms with E-state index in [1.807, 2.05) is 13.8 Å². The van der Waals surface area contributed by atoms with Crippen LogP contribution in [0.15, 0.2) is 41.0 Å². The molecule has 0 aliphatic rings. The van der Waals surface area contributed by atoms with Crippen molar-refractivity contribution in [3.05, 3.63) is 41.5 Å². The number of thioether (sulfide) groups is 1. The molecule has 27 heavy (non-hydrogen) atoms. The molecule has 0 radical (unpaired) electrons. The first-order valence-corrected chi connectivity index (χ1v) is 10.6. The van der Waals surface area contributed by atoms with E-state index in [2.05, 4.69) is 46.5 Å². The van der Waals surface area contributed by atoms with Crippen molar-refractivity contribution in [3.8, 4) is 11.1 Å². The van der Waals surface area contributed by atoms with E-state index in [-0.39, 0.29) is 17.8 Å². The molecule has 0 aliphatic carbocycles. The highest BCUT2D eigenvalue weighted by atomic mass is 32.2. The van der Waals surface area contributed by atoms with E-state index in [0.717, 1.165) is 26.4 Å². The fourth-order valence-electron chi connectivity index (χ4n) is 2.56. The Morgan fingerprint density at radius 2 is 2.00 bits per heavy atom. The third kappa shape index (κ3) is 4.86. The molecule has 0 saturated carbocycles. The summed E-state index contributed by atoms with van der Waals surface area (Å²) in [5.41, 5.74) is 3.43. The van der Waals surface area contributed by atoms with Crippen molar-refractivity contribution in [2.75, 3.05) is 19.8 Å². The van der Waals surface area contributed by atoms with Gasteiger partial charge in [0.1, 0.15) is 28.0 Å². The van der Waals surface area contributed by atoms with Crippen molar-refractivity contribution >= 4 is 39.3 Å². The normalized spacial score (nSPS) is 12.3. The van der Waals surface area contributed by atoms with Crippen LogP contribution in [0.1, 0.15) is 19.4 Å². The topological polar surface area (TPSA) is 61.3 Å². The van der Waals surface area contributed by atoms with E-state index in [0.29, 0.717) is 13.2 Å². The second kappa shape index (κ2) is 9.30. The van der Waals surface area contributed by atoms with Crippen molar-refractivity contribution in [2.45, 2.75) is 31.0 Å². The Kier molecular flexibility index (Phi) is 6.82. The third-order valence-corrected chi connectivity index (χ3v) is 5.96. The van der Waals surface area contributed by atoms with Gasteiger partial charge in [0.15, 0.2) is 0 Å². The SMILES string of the molecule is CCOCCOC(=O)[C@@H](C)Sc1ncnc2scc(-c3ccc(C)cc3)c12. The van der Waals surface area contributed by atoms with Crippen LogP contribution < -0.4 is 0 Å². The summed E-state index contributed by atoms with van der Waals surface area (Å²) in [5, 5.41) is 3.52. The molecule has 2 heterocycles. The summed E-state index contributed by atoms with van der Waals surface area (Å²) < 4.78 is 10.5. The van der Waals surface area contributed by atoms with E-state index < -0.39 is 0 Å². The van der Waals surface area contributed by atoms with Gasteiger partial charge in [-0.2, -0.15) is 0 Å². The molecule has 0 N–H and O–H groups in total. The molecule has 1 atom stereocenters. The number of benzene rings is 1. The lowest BCUT2D eigenvalue weighted by Crippen LogP contribution is -2.19. The Hall–Kier alpha value is -1.96. The maximum atomic E-state index is 12.2. The van der Waals surface area contributed by atoms with Crippen molar-refractivity contribution in [1.29, 1.82) is 0 Å². The molecule has 0 spiro atoms. The van der Waals surface area contributed by atoms with Crippen LogP contribution in [-0.2, 0) is 14.3 Å². The number of nitrogens with zero attached hydrogens (tertiary/aromatic N) is 2. The largest absolute Gasteiger partial charge is 0.462 e. The zero-order valence-electron chi connectivity index (χ0n) is 15.6. The van der Waals surface area contributed by atoms with Gasteiger partial charge in [-0.3, -0.25) is 4.79 Å². The number of carbonyl (C=O) groups is 1. The lowest BCUT2D eigenvalue weighted by atomic mass is 10.1. The summed E-state index contributed by atoms with van der Waals surface area (Å²) in [6, 6.07) is 8.38. The van der Waals surface area contributed by atoms with E-state index in [9.17, 15) is 4.79 Å². The molecular weight excluding hydrogens is 380 g/mol. The fraction of sp³-hybridized carbons (Fsp3) is 0.350. The van der Waals surface area contributed by atoms with Crippen molar-refractivity contribution in [1.82, 2.24) is 9.97 Å². The van der Waals surface area contributed by atoms with Gasteiger partial charge < -0.3 is 9.47 Å². The number of carbonyl (C=O) groups excluding carboxylic acids is 1. The predicted molar refractivity (Wildman–Crippen MR) is 110 cm³/mol. The van der Waals surface area contributed by atoms with E-state index in [1.165, 1.54) is 17.3 Å². The molecule has 3 rings (SSSR count). The van der Waals surface area contributed by atoms with Crippen LogP contribution in [0.25, 0.3) is 21.3 Å². The Bertz CT molecular complexity index is 909. The third-order valence-electron chi connectivity index (χ3n) is 3.99. The first kappa shape index (κ1) is 19.8. The van der Waals surface area contributed by atoms with Crippen molar-refractivity contribution in [3.63, 3.8) is 0 Å². The molecule has 0 aliphatic heterocycles. The highest BCUT2D eigenvalue weighted by Gasteiger charge is 2.20. The highest BCUT2D eigenvalue weighted by Crippen LogP contribution is 2.39. The number of aryl methyl sites for hydroxylation is 1. The zero-order valence-corrected chi connectivity index (χ0v) is 17.2. The molecule has 0 unspecified atom stereocenters. The summed E-state index contributed by atoms with van der Waals surface area (Å²) in [5.74, 6) is -0.265. The van der Waals surface area contributed by atoms with Gasteiger partial charge in [-0.25, -0.2) is 9.97 Å². The lowest BCUT2D eigenvalue weighted by Gasteiger charge is -2.12. The number of hydrogen-bond acceptors (Lipinski definition) is 7. The second-order valence-electron chi connectivity index (χ2n) is 6.00. The Labute approximate surface area is 167 Å². The standard InChI is InChI=1S/C20H22N2O3S2/c1-4-24-9-10-25-20(23)14(3)27-19-17-16(11-26-18(17)21-12-22-19)15-7-5-13(2)6-8-15/h5-8,11-12,14H,4,9-10H2,1-3H3/t14-/m1/s1. The van der Waals surface area contributed by atoms with Crippen molar-refractivity contribution < 1.29 is 14.3 Å². The number of esters is 1. The van der Waals surface area contributed by atoms with Gasteiger partial charge in [-0.15, -0.1) is 11.3 Å². The number of rotatable bonds is 8. The van der Waals surface area contributed by atoms with Crippen LogP contribution in [0.5, 0.6) is 0 Å². The van der Waals surface area contributed by atoms with Crippen LogP contribution in [-0.4, -0.2) is 41.0 Å². The second-order valence-corrected chi connectivity index (χ2v) is 8.19. The molecule has 5 nitrogen and oxygen atoms in total. The molecular formula is C20H22N2O3S2. The van der Waals surface area contributed by atoms with Crippen molar-refractivity contribution in [2.24, 2.45) is 0 Å². The minimum absolute atomic E-state index is 0.265. The maximum Gasteiger partial charge on any atom is 0.319 e. The lowest BCUT2D eigenvalue weighted by molar-refractivity contribution is -0.144. The Balaban J connectivity index is 1.81. The first-order chi connectivity index (χ1) is 13.1. The molecule has 2 aromatic heterocycles. The smallest absolute Gasteiger partial charge is 0.319 e. The number of ether oxygens (including phenoxy) is 2. The first-order valence-electron chi connectivity index (χ1n) is 8.80. The molecule has 1 aromatic carbocycles. The molecule has 0 saturated heterocycles. The molecule has 142 valence electrons. The molecule has 0 bridgehead atoms. The Morgan fingerprint density at radius 3 is 2.74 bits per heavy atom. The van der Waals surface area contributed by atoms with Gasteiger partial charge in [0.25, 0.3) is 0 Å². The predicted octanol–water partition coefficient (Wildman–Crippen LogP) is 4.73. The van der Waals surface area contributed by atoms with E-state index in [1.54, 1.807) is 17.7 Å². The van der Waals surface area contributed by atoms with Gasteiger partial charge in [-0.05, 0) is 26.3 Å². The van der Waals surface area contributed by atoms with Crippen LogP contribution >= 0.6 is 23.1 Å². The average Bonchev–Trinajstić information content (AvgIpc) is 3.11. The zero-order chi connectivity index (χ0) is 19.2. The van der Waals surface area contributed by atoms with Gasteiger partial charge >= 0.3 is 5.97 Å². The Morgan fingerprint density at radius 1 is 1.22 bits per heavy atom. The van der Waals surface area contributed by atoms with Crippen LogP contribution in [0.2, 0.25) is 0 Å². The number of fused-ring (bicyclic) bond motifs is 1. The average molecular weight is 403 g/mol. The molecule has 3 aromatic rings. The summed E-state index contributed by atoms with van der Waals surface area (Å²) in [6.45, 7) is 7.11. The van der Waals surface area contributed by atoms with Crippen LogP contribution in [0.3, 0.4) is 0 Å². The van der Waals surface area contributed by atoms with E-state index >= 15 is 0 Å². The highest BCUT2D eigenvalue weighted by molar-refractivity contribution is 8.00. The number of hydrogen-bond donors (Lipinski definition) is 0. The monoisotopic (exact) mass is 402 g/mol. The van der Waals surface area contributed by atoms with Crippen LogP contribution in [0, 0.1) is 6.92 Å². The summed E-state index contributed by atoms with van der Waals surface area (Å²) in [6.07, 6.45) is 1.55. The molecule has 0 fully saturated rings. The van der Waals surface area contributed by atoms with E-state index in [4.69, 9.17) is 9.47 Å².